The molecule has 0 spiro atoms. The number of fused-ring (bicyclic) bond motifs is 7. The Kier molecular flexibility index (Phi) is 7.38. The largest absolute Gasteiger partial charge is 0.456 e. The maximum Gasteiger partial charge on any atom is 0.136 e. The van der Waals surface area contributed by atoms with Crippen molar-refractivity contribution in [2.24, 2.45) is 0 Å². The Balaban J connectivity index is 1.09. The highest BCUT2D eigenvalue weighted by atomic mass is 32.1. The molecule has 2 heterocycles. The average molecular weight is 737 g/mol. The normalized spacial score (nSPS) is 13.0. The molecule has 0 saturated carbocycles. The monoisotopic (exact) mass is 736 g/mol. The molecule has 0 radical (unpaired) electrons. The van der Waals surface area contributed by atoms with Crippen molar-refractivity contribution in [3.8, 4) is 44.0 Å². The first-order chi connectivity index (χ1) is 27.5. The zero-order chi connectivity index (χ0) is 37.4. The minimum absolute atomic E-state index is 0.217. The molecule has 3 nitrogen and oxygen atoms in total. The highest BCUT2D eigenvalue weighted by Gasteiger charge is 2.38. The summed E-state index contributed by atoms with van der Waals surface area (Å²) in [5, 5.41) is 3.24. The van der Waals surface area contributed by atoms with Crippen LogP contribution in [0.15, 0.2) is 186 Å². The van der Waals surface area contributed by atoms with Crippen molar-refractivity contribution in [2.75, 3.05) is 4.90 Å². The summed E-state index contributed by atoms with van der Waals surface area (Å²) < 4.78 is 7.69. The molecule has 0 saturated heterocycles. The molecule has 1 aliphatic carbocycles. The van der Waals surface area contributed by atoms with Crippen LogP contribution in [0, 0.1) is 0 Å². The van der Waals surface area contributed by atoms with Gasteiger partial charge < -0.3 is 9.32 Å². The van der Waals surface area contributed by atoms with Crippen LogP contribution in [0.1, 0.15) is 25.0 Å². The standard InChI is InChI=1S/C52H36N2OS/c1-52(2)44-32-38(27-29-41(44)42-19-11-18-40(50(42)52)34-15-7-4-8-16-34)54(36-25-23-35(24-26-36)51-53-45-20-9-10-22-48(45)56-51)37-28-30-46-43(31-37)49-39(17-12-21-47(49)55-46)33-13-5-3-6-14-33/h3-32H,1-2H3. The third-order valence-corrected chi connectivity index (χ3v) is 12.6. The lowest BCUT2D eigenvalue weighted by atomic mass is 9.78. The Hall–Kier alpha value is -6.75. The van der Waals surface area contributed by atoms with Crippen molar-refractivity contribution in [3.63, 3.8) is 0 Å². The summed E-state index contributed by atoms with van der Waals surface area (Å²) in [4.78, 5) is 7.35. The van der Waals surface area contributed by atoms with E-state index >= 15 is 0 Å². The molecule has 10 aromatic rings. The van der Waals surface area contributed by atoms with E-state index in [2.05, 4.69) is 201 Å². The van der Waals surface area contributed by atoms with E-state index in [1.54, 1.807) is 11.3 Å². The summed E-state index contributed by atoms with van der Waals surface area (Å²) in [6.07, 6.45) is 0. The molecule has 0 bridgehead atoms. The predicted octanol–water partition coefficient (Wildman–Crippen LogP) is 15.0. The SMILES string of the molecule is CC1(C)c2cc(N(c3ccc(-c4nc5ccccc5s4)cc3)c3ccc4oc5cccc(-c6ccccc6)c5c4c3)ccc2-c2cccc(-c3ccccc3)c21. The maximum absolute atomic E-state index is 6.50. The van der Waals surface area contributed by atoms with Gasteiger partial charge in [0.2, 0.25) is 0 Å². The molecule has 266 valence electrons. The molecular weight excluding hydrogens is 701 g/mol. The van der Waals surface area contributed by atoms with Gasteiger partial charge >= 0.3 is 0 Å². The number of benzene rings is 8. The number of thiazole rings is 1. The van der Waals surface area contributed by atoms with E-state index in [-0.39, 0.29) is 5.41 Å². The number of anilines is 3. The molecule has 1 aliphatic rings. The molecule has 0 N–H and O–H groups in total. The van der Waals surface area contributed by atoms with Crippen LogP contribution in [-0.2, 0) is 5.41 Å². The first-order valence-corrected chi connectivity index (χ1v) is 19.9. The van der Waals surface area contributed by atoms with Crippen molar-refractivity contribution in [1.82, 2.24) is 4.98 Å². The van der Waals surface area contributed by atoms with Crippen molar-refractivity contribution >= 4 is 60.6 Å². The van der Waals surface area contributed by atoms with E-state index in [1.807, 2.05) is 0 Å². The molecular formula is C52H36N2OS. The summed E-state index contributed by atoms with van der Waals surface area (Å²) in [6.45, 7) is 4.75. The Morgan fingerprint density at radius 3 is 1.93 bits per heavy atom. The lowest BCUT2D eigenvalue weighted by Crippen LogP contribution is -2.17. The van der Waals surface area contributed by atoms with Crippen LogP contribution >= 0.6 is 11.3 Å². The summed E-state index contributed by atoms with van der Waals surface area (Å²) in [6, 6.07) is 65.4. The third kappa shape index (κ3) is 5.14. The van der Waals surface area contributed by atoms with Gasteiger partial charge in [0, 0.05) is 38.8 Å². The van der Waals surface area contributed by atoms with Crippen molar-refractivity contribution in [2.45, 2.75) is 19.3 Å². The van der Waals surface area contributed by atoms with Gasteiger partial charge in [-0.1, -0.05) is 123 Å². The van der Waals surface area contributed by atoms with Crippen molar-refractivity contribution in [3.05, 3.63) is 193 Å². The van der Waals surface area contributed by atoms with Gasteiger partial charge in [0.15, 0.2) is 0 Å². The molecule has 4 heteroatoms. The first kappa shape index (κ1) is 32.7. The van der Waals surface area contributed by atoms with E-state index < -0.39 is 0 Å². The van der Waals surface area contributed by atoms with Crippen LogP contribution in [0.25, 0.3) is 76.1 Å². The smallest absolute Gasteiger partial charge is 0.136 e. The van der Waals surface area contributed by atoms with Gasteiger partial charge in [-0.2, -0.15) is 0 Å². The van der Waals surface area contributed by atoms with Crippen molar-refractivity contribution < 1.29 is 4.42 Å². The second-order valence-corrected chi connectivity index (χ2v) is 16.2. The Morgan fingerprint density at radius 1 is 0.500 bits per heavy atom. The number of aromatic nitrogens is 1. The van der Waals surface area contributed by atoms with Gasteiger partial charge in [-0.05, 0) is 117 Å². The molecule has 0 amide bonds. The minimum atomic E-state index is -0.217. The van der Waals surface area contributed by atoms with Crippen LogP contribution in [0.3, 0.4) is 0 Å². The fraction of sp³-hybridized carbons (Fsp3) is 0.0577. The van der Waals surface area contributed by atoms with Crippen LogP contribution in [-0.4, -0.2) is 4.98 Å². The number of para-hydroxylation sites is 1. The molecule has 0 atom stereocenters. The van der Waals surface area contributed by atoms with E-state index in [0.717, 1.165) is 60.7 Å². The third-order valence-electron chi connectivity index (χ3n) is 11.5. The number of nitrogens with zero attached hydrogens (tertiary/aromatic N) is 2. The van der Waals surface area contributed by atoms with E-state index in [0.29, 0.717) is 0 Å². The van der Waals surface area contributed by atoms with Gasteiger partial charge in [0.05, 0.1) is 10.2 Å². The molecule has 0 fully saturated rings. The summed E-state index contributed by atoms with van der Waals surface area (Å²) in [5.74, 6) is 0. The van der Waals surface area contributed by atoms with Gasteiger partial charge in [-0.15, -0.1) is 11.3 Å². The van der Waals surface area contributed by atoms with Crippen LogP contribution in [0.5, 0.6) is 0 Å². The number of furan rings is 1. The van der Waals surface area contributed by atoms with Gasteiger partial charge in [0.25, 0.3) is 0 Å². The molecule has 0 aliphatic heterocycles. The zero-order valence-corrected chi connectivity index (χ0v) is 31.8. The number of rotatable bonds is 6. The van der Waals surface area contributed by atoms with Crippen LogP contribution < -0.4 is 4.90 Å². The van der Waals surface area contributed by atoms with Crippen molar-refractivity contribution in [1.29, 1.82) is 0 Å². The lowest BCUT2D eigenvalue weighted by molar-refractivity contribution is 0.662. The topological polar surface area (TPSA) is 29.3 Å². The summed E-state index contributed by atoms with van der Waals surface area (Å²) >= 11 is 1.73. The van der Waals surface area contributed by atoms with Crippen LogP contribution in [0.4, 0.5) is 17.1 Å². The second kappa shape index (κ2) is 12.7. The first-order valence-electron chi connectivity index (χ1n) is 19.1. The van der Waals surface area contributed by atoms with Gasteiger partial charge in [0.1, 0.15) is 16.2 Å². The Labute approximate surface area is 329 Å². The van der Waals surface area contributed by atoms with E-state index in [1.165, 1.54) is 43.6 Å². The predicted molar refractivity (Wildman–Crippen MR) is 235 cm³/mol. The zero-order valence-electron chi connectivity index (χ0n) is 31.0. The second-order valence-electron chi connectivity index (χ2n) is 15.1. The van der Waals surface area contributed by atoms with Crippen LogP contribution in [0.2, 0.25) is 0 Å². The average Bonchev–Trinajstić information content (AvgIpc) is 3.92. The van der Waals surface area contributed by atoms with E-state index in [4.69, 9.17) is 9.40 Å². The molecule has 2 aromatic heterocycles. The highest BCUT2D eigenvalue weighted by molar-refractivity contribution is 7.21. The van der Waals surface area contributed by atoms with E-state index in [9.17, 15) is 0 Å². The fourth-order valence-corrected chi connectivity index (χ4v) is 9.85. The molecule has 56 heavy (non-hydrogen) atoms. The lowest BCUT2D eigenvalue weighted by Gasteiger charge is -2.29. The summed E-state index contributed by atoms with van der Waals surface area (Å²) in [7, 11) is 0. The van der Waals surface area contributed by atoms with Gasteiger partial charge in [-0.25, -0.2) is 4.98 Å². The maximum atomic E-state index is 6.50. The Morgan fingerprint density at radius 2 is 1.14 bits per heavy atom. The summed E-state index contributed by atoms with van der Waals surface area (Å²) in [5.41, 5.74) is 17.1. The number of hydrogen-bond acceptors (Lipinski definition) is 4. The Bertz CT molecular complexity index is 3070. The highest BCUT2D eigenvalue weighted by Crippen LogP contribution is 2.54. The molecule has 8 aromatic carbocycles. The fourth-order valence-electron chi connectivity index (χ4n) is 8.87. The molecule has 11 rings (SSSR count). The minimum Gasteiger partial charge on any atom is -0.456 e. The molecule has 0 unspecified atom stereocenters. The van der Waals surface area contributed by atoms with Gasteiger partial charge in [-0.3, -0.25) is 0 Å². The number of hydrogen-bond donors (Lipinski definition) is 0. The quantitative estimate of drug-likeness (QED) is 0.170.